The third kappa shape index (κ3) is 37.8. The number of hydrogen-bond acceptors (Lipinski definition) is 7. The van der Waals surface area contributed by atoms with E-state index in [-0.39, 0.29) is 42.7 Å². The summed E-state index contributed by atoms with van der Waals surface area (Å²) in [5.41, 5.74) is 0. The number of esters is 2. The van der Waals surface area contributed by atoms with Crippen LogP contribution in [-0.4, -0.2) is 75.5 Å². The number of carbonyl (C=O) groups excluding carboxylic acids is 3. The molecule has 0 N–H and O–H groups in total. The van der Waals surface area contributed by atoms with Crippen LogP contribution in [0.1, 0.15) is 149 Å². The molecule has 0 amide bonds. The fraction of sp³-hybridized carbons (Fsp3) is 0.620. The van der Waals surface area contributed by atoms with Gasteiger partial charge in [0.15, 0.2) is 6.10 Å². The van der Waals surface area contributed by atoms with E-state index in [1.807, 2.05) is 0 Å². The SMILES string of the molecule is CC/C=C/C=C/C=C/CCCCCCCCCC(=O)OC(COCCC(C(=O)[O-])[N+](C)(C)C)COC(=O)CCCCC/C=C/C/C=C/C/C=C/C/C=C/C/C=C/CC. The number of rotatable bonds is 38. The Bertz CT molecular complexity index is 1260. The monoisotopic (exact) mass is 808 g/mol. The first-order valence-electron chi connectivity index (χ1n) is 22.3. The molecule has 0 aliphatic rings. The number of nitrogens with zero attached hydrogens (tertiary/aromatic N) is 1. The average Bonchev–Trinajstić information content (AvgIpc) is 3.18. The van der Waals surface area contributed by atoms with Crippen LogP contribution in [0.25, 0.3) is 0 Å². The molecule has 0 aromatic carbocycles. The van der Waals surface area contributed by atoms with Gasteiger partial charge in [0.1, 0.15) is 12.6 Å². The number of hydrogen-bond donors (Lipinski definition) is 0. The van der Waals surface area contributed by atoms with Crippen LogP contribution in [0.5, 0.6) is 0 Å². The molecular formula is C50H81NO7. The highest BCUT2D eigenvalue weighted by Crippen LogP contribution is 2.13. The maximum absolute atomic E-state index is 12.7. The van der Waals surface area contributed by atoms with Crippen LogP contribution in [0.3, 0.4) is 0 Å². The van der Waals surface area contributed by atoms with Gasteiger partial charge in [-0.15, -0.1) is 0 Å². The number of likely N-dealkylation sites (N-methyl/N-ethyl adjacent to an activating group) is 1. The smallest absolute Gasteiger partial charge is 0.306 e. The molecule has 2 unspecified atom stereocenters. The molecule has 0 aliphatic heterocycles. The van der Waals surface area contributed by atoms with Crippen molar-refractivity contribution < 1.29 is 38.2 Å². The number of unbranched alkanes of at least 4 members (excludes halogenated alkanes) is 10. The van der Waals surface area contributed by atoms with Crippen molar-refractivity contribution in [2.75, 3.05) is 41.0 Å². The van der Waals surface area contributed by atoms with Gasteiger partial charge in [-0.3, -0.25) is 9.59 Å². The molecule has 0 saturated heterocycles. The van der Waals surface area contributed by atoms with E-state index in [1.165, 1.54) is 19.3 Å². The lowest BCUT2D eigenvalue weighted by Gasteiger charge is -2.34. The van der Waals surface area contributed by atoms with Crippen LogP contribution in [0.4, 0.5) is 0 Å². The molecule has 0 aromatic rings. The maximum atomic E-state index is 12.7. The van der Waals surface area contributed by atoms with E-state index in [0.717, 1.165) is 96.3 Å². The van der Waals surface area contributed by atoms with Crippen molar-refractivity contribution in [3.63, 3.8) is 0 Å². The van der Waals surface area contributed by atoms with Gasteiger partial charge in [-0.2, -0.15) is 0 Å². The van der Waals surface area contributed by atoms with Gasteiger partial charge in [0, 0.05) is 19.3 Å². The molecule has 8 heteroatoms. The van der Waals surface area contributed by atoms with E-state index < -0.39 is 18.1 Å². The number of carboxylic acid groups (broad SMARTS) is 1. The van der Waals surface area contributed by atoms with Crippen molar-refractivity contribution in [3.05, 3.63) is 97.2 Å². The molecule has 0 heterocycles. The lowest BCUT2D eigenvalue weighted by atomic mass is 10.1. The van der Waals surface area contributed by atoms with E-state index in [0.29, 0.717) is 12.8 Å². The van der Waals surface area contributed by atoms with Gasteiger partial charge in [-0.05, 0) is 77.0 Å². The predicted molar refractivity (Wildman–Crippen MR) is 240 cm³/mol. The molecule has 58 heavy (non-hydrogen) atoms. The normalized spacial score (nSPS) is 13.9. The summed E-state index contributed by atoms with van der Waals surface area (Å²) in [5.74, 6) is -1.81. The summed E-state index contributed by atoms with van der Waals surface area (Å²) >= 11 is 0. The standard InChI is InChI=1S/C50H81NO7/c1-6-8-10-12-14-16-18-20-22-23-24-25-27-28-30-32-34-36-38-40-48(52)57-45-46(44-56-43-42-47(50(54)55)51(3,4)5)58-49(53)41-39-37-35-33-31-29-26-21-19-17-15-13-11-9-7-2/h8-11,13-17,19-20,22,24-25,28,30,46-47H,6-7,12,18,21,23,26-27,29,31-45H2,1-5H3/b10-8+,11-9+,15-13+,16-14+,19-17+,22-20+,25-24+,30-28+. The van der Waals surface area contributed by atoms with Crippen LogP contribution < -0.4 is 5.11 Å². The molecule has 328 valence electrons. The molecule has 0 rings (SSSR count). The molecular weight excluding hydrogens is 727 g/mol. The Morgan fingerprint density at radius 2 is 1.00 bits per heavy atom. The van der Waals surface area contributed by atoms with E-state index in [9.17, 15) is 19.5 Å². The van der Waals surface area contributed by atoms with Crippen LogP contribution in [-0.2, 0) is 28.6 Å². The number of allylic oxidation sites excluding steroid dienone is 16. The van der Waals surface area contributed by atoms with Crippen LogP contribution in [0, 0.1) is 0 Å². The van der Waals surface area contributed by atoms with Crippen LogP contribution >= 0.6 is 0 Å². The second-order valence-electron chi connectivity index (χ2n) is 15.6. The number of ether oxygens (including phenoxy) is 3. The topological polar surface area (TPSA) is 102 Å². The van der Waals surface area contributed by atoms with Crippen molar-refractivity contribution in [3.8, 4) is 0 Å². The van der Waals surface area contributed by atoms with Crippen molar-refractivity contribution in [2.45, 2.75) is 161 Å². The van der Waals surface area contributed by atoms with Gasteiger partial charge >= 0.3 is 11.9 Å². The van der Waals surface area contributed by atoms with Crippen molar-refractivity contribution >= 4 is 17.9 Å². The second-order valence-corrected chi connectivity index (χ2v) is 15.6. The maximum Gasteiger partial charge on any atom is 0.306 e. The molecule has 0 saturated carbocycles. The number of quaternary nitrogens is 1. The van der Waals surface area contributed by atoms with E-state index in [4.69, 9.17) is 14.2 Å². The Morgan fingerprint density at radius 1 is 0.534 bits per heavy atom. The fourth-order valence-electron chi connectivity index (χ4n) is 5.86. The third-order valence-electron chi connectivity index (χ3n) is 9.28. The zero-order valence-electron chi connectivity index (χ0n) is 37.2. The number of carbonyl (C=O) groups is 3. The Morgan fingerprint density at radius 3 is 1.55 bits per heavy atom. The summed E-state index contributed by atoms with van der Waals surface area (Å²) in [6.07, 6.45) is 52.9. The average molecular weight is 808 g/mol. The first-order chi connectivity index (χ1) is 28.1. The van der Waals surface area contributed by atoms with E-state index in [2.05, 4.69) is 111 Å². The molecule has 0 spiro atoms. The molecule has 0 fully saturated rings. The quantitative estimate of drug-likeness (QED) is 0.0201. The highest BCUT2D eigenvalue weighted by molar-refractivity contribution is 5.70. The van der Waals surface area contributed by atoms with Crippen LogP contribution in [0.15, 0.2) is 97.2 Å². The summed E-state index contributed by atoms with van der Waals surface area (Å²) in [6, 6.07) is -0.739. The summed E-state index contributed by atoms with van der Waals surface area (Å²) in [7, 11) is 5.38. The Labute approximate surface area is 354 Å². The molecule has 8 nitrogen and oxygen atoms in total. The summed E-state index contributed by atoms with van der Waals surface area (Å²) in [6.45, 7) is 4.35. The lowest BCUT2D eigenvalue weighted by Crippen LogP contribution is -2.55. The molecule has 0 aliphatic carbocycles. The summed E-state index contributed by atoms with van der Waals surface area (Å²) in [4.78, 5) is 36.9. The highest BCUT2D eigenvalue weighted by Gasteiger charge is 2.25. The zero-order valence-corrected chi connectivity index (χ0v) is 37.2. The van der Waals surface area contributed by atoms with Gasteiger partial charge < -0.3 is 28.6 Å². The molecule has 0 radical (unpaired) electrons. The minimum Gasteiger partial charge on any atom is -0.544 e. The number of carboxylic acids is 1. The highest BCUT2D eigenvalue weighted by atomic mass is 16.6. The minimum absolute atomic E-state index is 0.0184. The summed E-state index contributed by atoms with van der Waals surface area (Å²) in [5, 5.41) is 11.6. The van der Waals surface area contributed by atoms with E-state index in [1.54, 1.807) is 21.1 Å². The number of aliphatic carboxylic acids is 1. The van der Waals surface area contributed by atoms with E-state index >= 15 is 0 Å². The van der Waals surface area contributed by atoms with Gasteiger partial charge in [-0.25, -0.2) is 0 Å². The lowest BCUT2D eigenvalue weighted by molar-refractivity contribution is -0.889. The minimum atomic E-state index is -1.14. The second kappa shape index (κ2) is 40.0. The van der Waals surface area contributed by atoms with Crippen molar-refractivity contribution in [1.29, 1.82) is 0 Å². The third-order valence-corrected chi connectivity index (χ3v) is 9.28. The fourth-order valence-corrected chi connectivity index (χ4v) is 5.86. The van der Waals surface area contributed by atoms with Crippen molar-refractivity contribution in [2.24, 2.45) is 0 Å². The van der Waals surface area contributed by atoms with Crippen molar-refractivity contribution in [1.82, 2.24) is 0 Å². The predicted octanol–water partition coefficient (Wildman–Crippen LogP) is 11.0. The molecule has 0 aromatic heterocycles. The Kier molecular flexibility index (Phi) is 37.5. The first-order valence-corrected chi connectivity index (χ1v) is 22.3. The Balaban J connectivity index is 4.43. The van der Waals surface area contributed by atoms with Gasteiger partial charge in [0.05, 0.1) is 40.3 Å². The molecule has 2 atom stereocenters. The Hall–Kier alpha value is -3.75. The van der Waals surface area contributed by atoms with Crippen LogP contribution in [0.2, 0.25) is 0 Å². The summed E-state index contributed by atoms with van der Waals surface area (Å²) < 4.78 is 17.1. The zero-order chi connectivity index (χ0) is 42.8. The first kappa shape index (κ1) is 54.2. The largest absolute Gasteiger partial charge is 0.544 e. The molecule has 0 bridgehead atoms. The van der Waals surface area contributed by atoms with Gasteiger partial charge in [-0.1, -0.05) is 150 Å². The van der Waals surface area contributed by atoms with Gasteiger partial charge in [0.25, 0.3) is 0 Å². The van der Waals surface area contributed by atoms with Gasteiger partial charge in [0.2, 0.25) is 0 Å².